The van der Waals surface area contributed by atoms with E-state index < -0.39 is 0 Å². The van der Waals surface area contributed by atoms with E-state index in [0.29, 0.717) is 30.1 Å². The van der Waals surface area contributed by atoms with Crippen molar-refractivity contribution in [3.63, 3.8) is 0 Å². The number of fused-ring (bicyclic) bond motifs is 1. The minimum atomic E-state index is 0.00328. The first-order valence-corrected chi connectivity index (χ1v) is 10.0. The molecule has 0 heterocycles. The van der Waals surface area contributed by atoms with Gasteiger partial charge >= 0.3 is 0 Å². The second-order valence-electron chi connectivity index (χ2n) is 7.23. The molecule has 4 rings (SSSR count). The third kappa shape index (κ3) is 4.78. The topological polar surface area (TPSA) is 54.0 Å². The molecule has 0 N–H and O–H groups in total. The second kappa shape index (κ2) is 9.49. The molecule has 0 unspecified atom stereocenters. The minimum Gasteiger partial charge on any atom is -0.497 e. The molecule has 0 aliphatic heterocycles. The molecule has 1 aliphatic rings. The summed E-state index contributed by atoms with van der Waals surface area (Å²) < 4.78 is 21.6. The van der Waals surface area contributed by atoms with Gasteiger partial charge in [-0.2, -0.15) is 0 Å². The summed E-state index contributed by atoms with van der Waals surface area (Å²) >= 11 is 0. The Morgan fingerprint density at radius 1 is 0.903 bits per heavy atom. The zero-order valence-corrected chi connectivity index (χ0v) is 17.6. The zero-order valence-electron chi connectivity index (χ0n) is 17.6. The molecule has 0 bridgehead atoms. The SMILES string of the molecule is COCOc1cccc(/C=C2\Cc3cccc(OCc4ccc(OC)cc4)c3C2=O)c1. The average molecular weight is 416 g/mol. The van der Waals surface area contributed by atoms with Crippen molar-refractivity contribution in [3.05, 3.63) is 94.6 Å². The van der Waals surface area contributed by atoms with Gasteiger partial charge in [-0.25, -0.2) is 0 Å². The van der Waals surface area contributed by atoms with E-state index in [2.05, 4.69) is 0 Å². The number of rotatable bonds is 8. The fourth-order valence-electron chi connectivity index (χ4n) is 3.57. The van der Waals surface area contributed by atoms with Crippen molar-refractivity contribution in [2.24, 2.45) is 0 Å². The van der Waals surface area contributed by atoms with Gasteiger partial charge in [0.2, 0.25) is 0 Å². The number of benzene rings is 3. The molecular formula is C26H24O5. The van der Waals surface area contributed by atoms with E-state index in [1.54, 1.807) is 14.2 Å². The van der Waals surface area contributed by atoms with Gasteiger partial charge in [-0.3, -0.25) is 4.79 Å². The van der Waals surface area contributed by atoms with Crippen molar-refractivity contribution in [2.45, 2.75) is 13.0 Å². The Morgan fingerprint density at radius 2 is 1.71 bits per heavy atom. The summed E-state index contributed by atoms with van der Waals surface area (Å²) in [6, 6.07) is 21.0. The van der Waals surface area contributed by atoms with E-state index >= 15 is 0 Å². The maximum Gasteiger partial charge on any atom is 0.193 e. The van der Waals surface area contributed by atoms with Crippen LogP contribution in [0.5, 0.6) is 17.2 Å². The van der Waals surface area contributed by atoms with Gasteiger partial charge in [0.15, 0.2) is 12.6 Å². The number of ether oxygens (including phenoxy) is 4. The van der Waals surface area contributed by atoms with Crippen LogP contribution in [0.4, 0.5) is 0 Å². The van der Waals surface area contributed by atoms with Gasteiger partial charge < -0.3 is 18.9 Å². The van der Waals surface area contributed by atoms with Crippen LogP contribution in [0.2, 0.25) is 0 Å². The number of methoxy groups -OCH3 is 2. The van der Waals surface area contributed by atoms with E-state index in [1.165, 1.54) is 0 Å². The molecule has 5 heteroatoms. The van der Waals surface area contributed by atoms with Gasteiger partial charge in [-0.1, -0.05) is 36.4 Å². The van der Waals surface area contributed by atoms with Crippen LogP contribution < -0.4 is 14.2 Å². The molecule has 5 nitrogen and oxygen atoms in total. The number of Topliss-reactive ketones (excluding diaryl/α,β-unsaturated/α-hetero) is 1. The summed E-state index contributed by atoms with van der Waals surface area (Å²) in [4.78, 5) is 13.2. The summed E-state index contributed by atoms with van der Waals surface area (Å²) in [6.07, 6.45) is 2.49. The number of carbonyl (C=O) groups excluding carboxylic acids is 1. The Labute approximate surface area is 181 Å². The Morgan fingerprint density at radius 3 is 2.48 bits per heavy atom. The van der Waals surface area contributed by atoms with Crippen molar-refractivity contribution in [2.75, 3.05) is 21.0 Å². The maximum absolute atomic E-state index is 13.2. The predicted molar refractivity (Wildman–Crippen MR) is 119 cm³/mol. The van der Waals surface area contributed by atoms with Crippen LogP contribution in [0, 0.1) is 0 Å². The quantitative estimate of drug-likeness (QED) is 0.379. The summed E-state index contributed by atoms with van der Waals surface area (Å²) in [5, 5.41) is 0. The van der Waals surface area contributed by atoms with Crippen LogP contribution in [0.15, 0.2) is 72.3 Å². The van der Waals surface area contributed by atoms with Crippen LogP contribution in [0.1, 0.15) is 27.0 Å². The molecule has 0 saturated heterocycles. The molecule has 0 aromatic heterocycles. The van der Waals surface area contributed by atoms with Crippen LogP contribution in [0.3, 0.4) is 0 Å². The van der Waals surface area contributed by atoms with Crippen LogP contribution in [-0.2, 0) is 17.8 Å². The number of allylic oxidation sites excluding steroid dienone is 1. The zero-order chi connectivity index (χ0) is 21.6. The summed E-state index contributed by atoms with van der Waals surface area (Å²) in [7, 11) is 3.22. The van der Waals surface area contributed by atoms with Crippen LogP contribution in [0.25, 0.3) is 6.08 Å². The van der Waals surface area contributed by atoms with E-state index in [-0.39, 0.29) is 12.6 Å². The highest BCUT2D eigenvalue weighted by molar-refractivity contribution is 6.17. The van der Waals surface area contributed by atoms with Crippen molar-refractivity contribution in [1.29, 1.82) is 0 Å². The molecule has 0 spiro atoms. The molecule has 31 heavy (non-hydrogen) atoms. The van der Waals surface area contributed by atoms with Gasteiger partial charge in [0.05, 0.1) is 12.7 Å². The van der Waals surface area contributed by atoms with Crippen LogP contribution >= 0.6 is 0 Å². The fourth-order valence-corrected chi connectivity index (χ4v) is 3.57. The lowest BCUT2D eigenvalue weighted by Crippen LogP contribution is -2.02. The Bertz CT molecular complexity index is 1100. The molecule has 0 radical (unpaired) electrons. The molecular weight excluding hydrogens is 392 g/mol. The molecule has 1 aliphatic carbocycles. The smallest absolute Gasteiger partial charge is 0.193 e. The highest BCUT2D eigenvalue weighted by Gasteiger charge is 2.28. The number of ketones is 1. The lowest BCUT2D eigenvalue weighted by molar-refractivity contribution is 0.0511. The molecule has 0 fully saturated rings. The number of hydrogen-bond acceptors (Lipinski definition) is 5. The molecule has 0 amide bonds. The lowest BCUT2D eigenvalue weighted by atomic mass is 10.1. The minimum absolute atomic E-state index is 0.00328. The summed E-state index contributed by atoms with van der Waals surface area (Å²) in [6.45, 7) is 0.560. The van der Waals surface area contributed by atoms with Gasteiger partial charge in [0.25, 0.3) is 0 Å². The first kappa shape index (κ1) is 20.7. The van der Waals surface area contributed by atoms with E-state index in [9.17, 15) is 4.79 Å². The number of carbonyl (C=O) groups is 1. The van der Waals surface area contributed by atoms with Crippen molar-refractivity contribution in [1.82, 2.24) is 0 Å². The normalized spacial score (nSPS) is 13.9. The fraction of sp³-hybridized carbons (Fsp3) is 0.192. The van der Waals surface area contributed by atoms with Crippen molar-refractivity contribution >= 4 is 11.9 Å². The third-order valence-corrected chi connectivity index (χ3v) is 5.11. The predicted octanol–water partition coefficient (Wildman–Crippen LogP) is 5.08. The van der Waals surface area contributed by atoms with Gasteiger partial charge in [0.1, 0.15) is 23.9 Å². The lowest BCUT2D eigenvalue weighted by Gasteiger charge is -2.10. The summed E-state index contributed by atoms with van der Waals surface area (Å²) in [5.74, 6) is 2.11. The third-order valence-electron chi connectivity index (χ3n) is 5.11. The standard InChI is InChI=1S/C26H24O5/c1-28-17-31-23-7-3-5-19(14-23)13-21-15-20-6-4-8-24(25(20)26(21)27)30-16-18-9-11-22(29-2)12-10-18/h3-14H,15-17H2,1-2H3/b21-13+. The van der Waals surface area contributed by atoms with E-state index in [0.717, 1.165) is 28.0 Å². The molecule has 158 valence electrons. The summed E-state index contributed by atoms with van der Waals surface area (Å²) in [5.41, 5.74) is 4.28. The van der Waals surface area contributed by atoms with E-state index in [1.807, 2.05) is 72.8 Å². The highest BCUT2D eigenvalue weighted by Crippen LogP contribution is 2.35. The van der Waals surface area contributed by atoms with Gasteiger partial charge in [-0.05, 0) is 53.1 Å². The molecule has 3 aromatic carbocycles. The maximum atomic E-state index is 13.2. The number of hydrogen-bond donors (Lipinski definition) is 0. The largest absolute Gasteiger partial charge is 0.497 e. The molecule has 0 atom stereocenters. The Hall–Kier alpha value is -3.57. The van der Waals surface area contributed by atoms with Crippen molar-refractivity contribution in [3.8, 4) is 17.2 Å². The highest BCUT2D eigenvalue weighted by atomic mass is 16.7. The first-order valence-electron chi connectivity index (χ1n) is 10.0. The Kier molecular flexibility index (Phi) is 6.34. The van der Waals surface area contributed by atoms with Gasteiger partial charge in [0, 0.05) is 19.1 Å². The van der Waals surface area contributed by atoms with Crippen molar-refractivity contribution < 1.29 is 23.7 Å². The monoisotopic (exact) mass is 416 g/mol. The molecule has 3 aromatic rings. The van der Waals surface area contributed by atoms with Crippen LogP contribution in [-0.4, -0.2) is 26.8 Å². The van der Waals surface area contributed by atoms with Gasteiger partial charge in [-0.15, -0.1) is 0 Å². The van der Waals surface area contributed by atoms with E-state index in [4.69, 9.17) is 18.9 Å². The molecule has 0 saturated carbocycles. The average Bonchev–Trinajstić information content (AvgIpc) is 3.12. The first-order chi connectivity index (χ1) is 15.2. The Balaban J connectivity index is 1.52. The second-order valence-corrected chi connectivity index (χ2v) is 7.23.